The summed E-state index contributed by atoms with van der Waals surface area (Å²) in [6.45, 7) is 2.53. The van der Waals surface area contributed by atoms with Gasteiger partial charge in [-0.15, -0.1) is 0 Å². The normalized spacial score (nSPS) is 8.00. The van der Waals surface area contributed by atoms with Gasteiger partial charge in [-0.25, -0.2) is 0 Å². The summed E-state index contributed by atoms with van der Waals surface area (Å²) < 4.78 is 0. The van der Waals surface area contributed by atoms with Gasteiger partial charge >= 0.3 is 29.7 Å². The van der Waals surface area contributed by atoms with Crippen molar-refractivity contribution in [1.82, 2.24) is 0 Å². The van der Waals surface area contributed by atoms with Crippen molar-refractivity contribution >= 4 is 29.7 Å². The Bertz CT molecular complexity index is 32.2. The Morgan fingerprint density at radius 1 is 1.22 bits per heavy atom. The topological polar surface area (TPSA) is 20.2 Å². The van der Waals surface area contributed by atoms with Crippen molar-refractivity contribution in [3.63, 3.8) is 0 Å². The van der Waals surface area contributed by atoms with Crippen LogP contribution >= 0.6 is 9.07 Å². The van der Waals surface area contributed by atoms with Gasteiger partial charge in [0.2, 0.25) is 0 Å². The first-order chi connectivity index (χ1) is 4.41. The zero-order valence-electron chi connectivity index (χ0n) is 6.07. The van der Waals surface area contributed by atoms with Crippen LogP contribution in [0.3, 0.4) is 0 Å². The van der Waals surface area contributed by atoms with Gasteiger partial charge in [-0.05, 0) is 6.42 Å². The Labute approximate surface area is 74.0 Å². The highest BCUT2D eigenvalue weighted by molar-refractivity contribution is 6.80. The Morgan fingerprint density at radius 2 is 1.78 bits per heavy atom. The molecular weight excluding hydrogens is 148 g/mol. The molecule has 0 atom stereocenters. The van der Waals surface area contributed by atoms with Crippen molar-refractivity contribution in [1.29, 1.82) is 0 Å². The number of hydrogen-bond acceptors (Lipinski definition) is 1. The summed E-state index contributed by atoms with van der Waals surface area (Å²) in [6, 6.07) is 0. The smallest absolute Gasteiger partial charge is 0.396 e. The van der Waals surface area contributed by atoms with Gasteiger partial charge in [-0.3, -0.25) is 0 Å². The third-order valence-electron chi connectivity index (χ3n) is 1.01. The SMILES string of the molecule is CCCCCCO.[Mg+2][Cl]. The number of rotatable bonds is 4. The van der Waals surface area contributed by atoms with E-state index in [1.807, 2.05) is 0 Å². The number of halogens is 1. The zero-order chi connectivity index (χ0) is 7.54. The summed E-state index contributed by atoms with van der Waals surface area (Å²) in [7, 11) is 4.67. The van der Waals surface area contributed by atoms with Crippen molar-refractivity contribution in [3.8, 4) is 0 Å². The lowest BCUT2D eigenvalue weighted by atomic mass is 10.2. The van der Waals surface area contributed by atoms with Crippen LogP contribution < -0.4 is 0 Å². The molecule has 7 radical (unpaired) electrons. The second-order valence-electron chi connectivity index (χ2n) is 1.78. The van der Waals surface area contributed by atoms with Crippen LogP contribution in [-0.4, -0.2) is 32.3 Å². The van der Waals surface area contributed by atoms with Crippen molar-refractivity contribution in [3.05, 3.63) is 0 Å². The molecule has 0 amide bonds. The van der Waals surface area contributed by atoms with Crippen LogP contribution in [0.1, 0.15) is 32.6 Å². The lowest BCUT2D eigenvalue weighted by molar-refractivity contribution is 0.283. The van der Waals surface area contributed by atoms with Gasteiger partial charge in [0.25, 0.3) is 0 Å². The Hall–Kier alpha value is 1.02. The predicted molar refractivity (Wildman–Crippen MR) is 42.8 cm³/mol. The first-order valence-corrected chi connectivity index (χ1v) is 5.43. The Kier molecular flexibility index (Phi) is 22.5. The van der Waals surface area contributed by atoms with E-state index >= 15 is 0 Å². The average Bonchev–Trinajstić information content (AvgIpc) is 1.94. The fourth-order valence-electron chi connectivity index (χ4n) is 0.539. The number of hydrogen-bond donors (Lipinski definition) is 1. The van der Waals surface area contributed by atoms with Gasteiger partial charge in [0, 0.05) is 6.61 Å². The molecule has 0 aliphatic carbocycles. The maximum atomic E-state index is 8.29. The van der Waals surface area contributed by atoms with E-state index in [9.17, 15) is 0 Å². The predicted octanol–water partition coefficient (Wildman–Crippen LogP) is 1.87. The molecular formula is C6H14ClMgO+2. The van der Waals surface area contributed by atoms with Crippen LogP contribution in [0.2, 0.25) is 0 Å². The van der Waals surface area contributed by atoms with Crippen molar-refractivity contribution in [2.24, 2.45) is 0 Å². The molecule has 0 aliphatic heterocycles. The monoisotopic (exact) mass is 161 g/mol. The third kappa shape index (κ3) is 17.6. The Morgan fingerprint density at radius 3 is 2.11 bits per heavy atom. The minimum Gasteiger partial charge on any atom is -0.396 e. The summed E-state index contributed by atoms with van der Waals surface area (Å²) in [5, 5.41) is 8.29. The molecule has 0 aliphatic rings. The number of unbranched alkanes of at least 4 members (excludes halogenated alkanes) is 3. The van der Waals surface area contributed by atoms with Crippen LogP contribution in [0.5, 0.6) is 0 Å². The molecule has 0 aromatic heterocycles. The van der Waals surface area contributed by atoms with Gasteiger partial charge in [0.05, 0.1) is 0 Å². The van der Waals surface area contributed by atoms with Crippen LogP contribution in [0.4, 0.5) is 0 Å². The molecule has 3 heteroatoms. The molecule has 0 bridgehead atoms. The highest BCUT2D eigenvalue weighted by atomic mass is 35.5. The third-order valence-corrected chi connectivity index (χ3v) is 1.01. The van der Waals surface area contributed by atoms with Crippen molar-refractivity contribution in [2.75, 3.05) is 6.61 Å². The molecule has 0 aromatic rings. The maximum Gasteiger partial charge on any atom is 1.59 e. The standard InChI is InChI=1S/C6H14O.ClH.Mg/c1-2-3-4-5-6-7;;/h7H,2-6H2,1H3;1H;/q;;+3/p-1. The highest BCUT2D eigenvalue weighted by Gasteiger charge is 2.16. The Balaban J connectivity index is 0. The van der Waals surface area contributed by atoms with E-state index in [4.69, 9.17) is 5.11 Å². The molecule has 0 rings (SSSR count). The van der Waals surface area contributed by atoms with Gasteiger partial charge in [-0.2, -0.15) is 0 Å². The van der Waals surface area contributed by atoms with Gasteiger partial charge < -0.3 is 5.11 Å². The minimum atomic E-state index is 0.361. The molecule has 9 heavy (non-hydrogen) atoms. The molecule has 0 fully saturated rings. The quantitative estimate of drug-likeness (QED) is 0.494. The lowest BCUT2D eigenvalue weighted by Crippen LogP contribution is -1.80. The van der Waals surface area contributed by atoms with Gasteiger partial charge in [0.15, 0.2) is 0 Å². The molecule has 1 nitrogen and oxygen atoms in total. The molecule has 0 aromatic carbocycles. The first kappa shape index (κ1) is 12.7. The second kappa shape index (κ2) is 16.0. The van der Waals surface area contributed by atoms with E-state index in [0.717, 1.165) is 6.42 Å². The van der Waals surface area contributed by atoms with Crippen LogP contribution in [0, 0.1) is 0 Å². The number of aliphatic hydroxyl groups excluding tert-OH is 1. The first-order valence-electron chi connectivity index (χ1n) is 3.29. The van der Waals surface area contributed by atoms with E-state index in [1.54, 1.807) is 0 Å². The van der Waals surface area contributed by atoms with Crippen molar-refractivity contribution < 1.29 is 5.11 Å². The zero-order valence-corrected chi connectivity index (χ0v) is 8.24. The molecule has 0 heterocycles. The summed E-state index contributed by atoms with van der Waals surface area (Å²) in [4.78, 5) is 0. The van der Waals surface area contributed by atoms with Crippen LogP contribution in [-0.2, 0) is 0 Å². The summed E-state index contributed by atoms with van der Waals surface area (Å²) >= 11 is 1.33. The lowest BCUT2D eigenvalue weighted by Gasteiger charge is -1.90. The van der Waals surface area contributed by atoms with Gasteiger partial charge in [-0.1, -0.05) is 26.2 Å². The van der Waals surface area contributed by atoms with Gasteiger partial charge in [0.1, 0.15) is 0 Å². The molecule has 0 saturated heterocycles. The van der Waals surface area contributed by atoms with Crippen LogP contribution in [0.15, 0.2) is 0 Å². The van der Waals surface area contributed by atoms with Crippen LogP contribution in [0.25, 0.3) is 0 Å². The largest absolute Gasteiger partial charge is 1.59 e. The fourth-order valence-corrected chi connectivity index (χ4v) is 0.539. The summed E-state index contributed by atoms with van der Waals surface area (Å²) in [5.74, 6) is 0. The molecule has 51 valence electrons. The maximum absolute atomic E-state index is 8.29. The number of aliphatic hydroxyl groups is 1. The van der Waals surface area contributed by atoms with Crippen molar-refractivity contribution in [2.45, 2.75) is 32.6 Å². The molecule has 1 N–H and O–H groups in total. The van der Waals surface area contributed by atoms with E-state index in [0.29, 0.717) is 6.61 Å². The van der Waals surface area contributed by atoms with E-state index in [1.165, 1.54) is 39.9 Å². The highest BCUT2D eigenvalue weighted by Crippen LogP contribution is 1.95. The second-order valence-corrected chi connectivity index (χ2v) is 1.78. The van der Waals surface area contributed by atoms with E-state index < -0.39 is 0 Å². The average molecular weight is 162 g/mol. The summed E-state index contributed by atoms with van der Waals surface area (Å²) in [6.07, 6.45) is 4.68. The molecule has 0 spiro atoms. The minimum absolute atomic E-state index is 0.361. The summed E-state index contributed by atoms with van der Waals surface area (Å²) in [5.41, 5.74) is 0. The van der Waals surface area contributed by atoms with E-state index in [-0.39, 0.29) is 0 Å². The molecule has 0 unspecified atom stereocenters. The fraction of sp³-hybridized carbons (Fsp3) is 1.00. The molecule has 0 saturated carbocycles. The van der Waals surface area contributed by atoms with E-state index in [2.05, 4.69) is 16.0 Å².